The van der Waals surface area contributed by atoms with Crippen LogP contribution < -0.4 is 10.0 Å². The van der Waals surface area contributed by atoms with Crippen LogP contribution in [0.5, 0.6) is 0 Å². The molecule has 3 rings (SSSR count). The number of carbonyl (C=O) groups is 1. The quantitative estimate of drug-likeness (QED) is 0.602. The summed E-state index contributed by atoms with van der Waals surface area (Å²) in [5.41, 5.74) is 2.13. The maximum Gasteiger partial charge on any atom is 0.227 e. The normalized spacial score (nSPS) is 19.8. The number of halogens is 1. The molecule has 1 saturated carbocycles. The zero-order valence-corrected chi connectivity index (χ0v) is 19.8. The van der Waals surface area contributed by atoms with E-state index in [1.807, 2.05) is 30.3 Å². The summed E-state index contributed by atoms with van der Waals surface area (Å²) in [6.07, 6.45) is 2.50. The van der Waals surface area contributed by atoms with Crippen molar-refractivity contribution in [3.63, 3.8) is 0 Å². The van der Waals surface area contributed by atoms with Gasteiger partial charge in [0.05, 0.1) is 17.2 Å². The van der Waals surface area contributed by atoms with E-state index in [4.69, 9.17) is 11.6 Å². The van der Waals surface area contributed by atoms with Crippen LogP contribution in [-0.2, 0) is 14.8 Å². The molecule has 0 radical (unpaired) electrons. The first kappa shape index (κ1) is 24.2. The van der Waals surface area contributed by atoms with Crippen molar-refractivity contribution in [1.29, 1.82) is 5.26 Å². The van der Waals surface area contributed by atoms with Gasteiger partial charge in [-0.15, -0.1) is 0 Å². The molecule has 1 amide bonds. The topological polar surface area (TPSA) is 99.1 Å². The third-order valence-corrected chi connectivity index (χ3v) is 8.12. The molecule has 1 aliphatic carbocycles. The van der Waals surface area contributed by atoms with Gasteiger partial charge in [0.15, 0.2) is 0 Å². The monoisotopic (exact) mass is 473 g/mol. The van der Waals surface area contributed by atoms with Gasteiger partial charge < -0.3 is 5.32 Å². The molecule has 1 unspecified atom stereocenters. The molecule has 0 saturated heterocycles. The first-order valence-corrected chi connectivity index (χ1v) is 12.7. The highest BCUT2D eigenvalue weighted by atomic mass is 35.5. The molecule has 170 valence electrons. The largest absolute Gasteiger partial charge is 0.326 e. The molecule has 6 nitrogen and oxygen atoms in total. The first-order valence-electron chi connectivity index (χ1n) is 10.8. The molecule has 32 heavy (non-hydrogen) atoms. The summed E-state index contributed by atoms with van der Waals surface area (Å²) in [5.74, 6) is -0.762. The Labute approximate surface area is 195 Å². The van der Waals surface area contributed by atoms with Crippen LogP contribution in [0.4, 0.5) is 5.69 Å². The molecule has 1 fully saturated rings. The molecule has 0 bridgehead atoms. The van der Waals surface area contributed by atoms with Crippen LogP contribution in [0.15, 0.2) is 48.5 Å². The average Bonchev–Trinajstić information content (AvgIpc) is 2.76. The second-order valence-corrected chi connectivity index (χ2v) is 11.1. The van der Waals surface area contributed by atoms with Crippen molar-refractivity contribution in [2.75, 3.05) is 5.32 Å². The Morgan fingerprint density at radius 2 is 1.75 bits per heavy atom. The van der Waals surface area contributed by atoms with E-state index >= 15 is 0 Å². The molecular weight excluding hydrogens is 446 g/mol. The van der Waals surface area contributed by atoms with Gasteiger partial charge in [0.1, 0.15) is 0 Å². The van der Waals surface area contributed by atoms with Crippen LogP contribution in [0.2, 0.25) is 5.02 Å². The number of rotatable bonds is 7. The van der Waals surface area contributed by atoms with E-state index in [1.54, 1.807) is 32.0 Å². The number of anilines is 1. The van der Waals surface area contributed by atoms with Crippen LogP contribution >= 0.6 is 11.6 Å². The number of benzene rings is 2. The summed E-state index contributed by atoms with van der Waals surface area (Å²) in [6.45, 7) is 3.30. The van der Waals surface area contributed by atoms with Gasteiger partial charge in [-0.05, 0) is 62.8 Å². The average molecular weight is 474 g/mol. The summed E-state index contributed by atoms with van der Waals surface area (Å²) in [6, 6.07) is 16.8. The number of carbonyl (C=O) groups excluding carboxylic acids is 1. The van der Waals surface area contributed by atoms with Gasteiger partial charge in [0, 0.05) is 22.7 Å². The highest BCUT2D eigenvalue weighted by Crippen LogP contribution is 2.32. The van der Waals surface area contributed by atoms with Crippen molar-refractivity contribution in [3.8, 4) is 6.07 Å². The van der Waals surface area contributed by atoms with E-state index in [-0.39, 0.29) is 17.9 Å². The van der Waals surface area contributed by atoms with Crippen molar-refractivity contribution in [2.45, 2.75) is 56.7 Å². The first-order chi connectivity index (χ1) is 15.2. The molecule has 1 aliphatic rings. The van der Waals surface area contributed by atoms with Crippen LogP contribution in [0.3, 0.4) is 0 Å². The lowest BCUT2D eigenvalue weighted by molar-refractivity contribution is -0.120. The van der Waals surface area contributed by atoms with Crippen LogP contribution in [0.25, 0.3) is 0 Å². The number of nitrogens with zero attached hydrogens (tertiary/aromatic N) is 1. The number of nitriles is 1. The van der Waals surface area contributed by atoms with Gasteiger partial charge in [-0.3, -0.25) is 4.79 Å². The van der Waals surface area contributed by atoms with Gasteiger partial charge in [-0.2, -0.15) is 5.26 Å². The SMILES string of the molecule is CC(C)S(=O)(=O)NC1CCC(C(=O)Nc2ccc(C(C#N)c3ccccc3)c(Cl)c2)CC1. The molecule has 8 heteroatoms. The van der Waals surface area contributed by atoms with Crippen molar-refractivity contribution in [2.24, 2.45) is 5.92 Å². The number of sulfonamides is 1. The van der Waals surface area contributed by atoms with Gasteiger partial charge in [-0.25, -0.2) is 13.1 Å². The van der Waals surface area contributed by atoms with E-state index in [0.717, 1.165) is 5.56 Å². The van der Waals surface area contributed by atoms with Crippen LogP contribution in [-0.4, -0.2) is 25.6 Å². The Balaban J connectivity index is 1.61. The summed E-state index contributed by atoms with van der Waals surface area (Å²) in [4.78, 5) is 12.7. The predicted molar refractivity (Wildman–Crippen MR) is 127 cm³/mol. The zero-order valence-electron chi connectivity index (χ0n) is 18.2. The number of nitrogens with one attached hydrogen (secondary N) is 2. The minimum absolute atomic E-state index is 0.0983. The Hall–Kier alpha value is -2.40. The Morgan fingerprint density at radius 3 is 2.31 bits per heavy atom. The fraction of sp³-hybridized carbons (Fsp3) is 0.417. The van der Waals surface area contributed by atoms with Crippen LogP contribution in [0.1, 0.15) is 56.6 Å². The van der Waals surface area contributed by atoms with Crippen molar-refractivity contribution >= 4 is 33.2 Å². The standard InChI is InChI=1S/C24H28ClN3O3S/c1-16(2)32(30,31)28-19-10-8-18(9-11-19)24(29)27-20-12-13-21(23(25)14-20)22(15-26)17-6-4-3-5-7-17/h3-7,12-14,16,18-19,22,28H,8-11H2,1-2H3,(H,27,29). The highest BCUT2D eigenvalue weighted by molar-refractivity contribution is 7.90. The minimum Gasteiger partial charge on any atom is -0.326 e. The molecule has 2 aromatic carbocycles. The molecule has 0 heterocycles. The van der Waals surface area contributed by atoms with Crippen molar-refractivity contribution < 1.29 is 13.2 Å². The van der Waals surface area contributed by atoms with E-state index in [0.29, 0.717) is 42.0 Å². The van der Waals surface area contributed by atoms with E-state index < -0.39 is 21.2 Å². The molecule has 0 spiro atoms. The fourth-order valence-electron chi connectivity index (χ4n) is 3.89. The minimum atomic E-state index is -3.31. The lowest BCUT2D eigenvalue weighted by Crippen LogP contribution is -2.42. The van der Waals surface area contributed by atoms with Crippen molar-refractivity contribution in [1.82, 2.24) is 4.72 Å². The Bertz CT molecular complexity index is 1090. The summed E-state index contributed by atoms with van der Waals surface area (Å²) >= 11 is 6.46. The predicted octanol–water partition coefficient (Wildman–Crippen LogP) is 4.82. The zero-order chi connectivity index (χ0) is 23.3. The molecule has 2 aromatic rings. The van der Waals surface area contributed by atoms with Crippen molar-refractivity contribution in [3.05, 3.63) is 64.7 Å². The Kier molecular flexibility index (Phi) is 7.94. The Morgan fingerprint density at radius 1 is 1.09 bits per heavy atom. The van der Waals surface area contributed by atoms with E-state index in [9.17, 15) is 18.5 Å². The molecular formula is C24H28ClN3O3S. The molecule has 1 atom stereocenters. The van der Waals surface area contributed by atoms with Gasteiger partial charge in [0.25, 0.3) is 0 Å². The van der Waals surface area contributed by atoms with Gasteiger partial charge in [-0.1, -0.05) is 48.0 Å². The second-order valence-electron chi connectivity index (χ2n) is 8.46. The summed E-state index contributed by atoms with van der Waals surface area (Å²) in [5, 5.41) is 12.5. The smallest absolute Gasteiger partial charge is 0.227 e. The molecule has 0 aromatic heterocycles. The maximum absolute atomic E-state index is 12.7. The summed E-state index contributed by atoms with van der Waals surface area (Å²) in [7, 11) is -3.31. The van der Waals surface area contributed by atoms with E-state index in [2.05, 4.69) is 16.1 Å². The highest BCUT2D eigenvalue weighted by Gasteiger charge is 2.29. The lowest BCUT2D eigenvalue weighted by Gasteiger charge is -2.28. The number of amides is 1. The summed E-state index contributed by atoms with van der Waals surface area (Å²) < 4.78 is 26.8. The van der Waals surface area contributed by atoms with Gasteiger partial charge in [0.2, 0.25) is 15.9 Å². The third kappa shape index (κ3) is 5.89. The fourth-order valence-corrected chi connectivity index (χ4v) is 5.16. The third-order valence-electron chi connectivity index (χ3n) is 5.89. The number of hydrogen-bond acceptors (Lipinski definition) is 4. The maximum atomic E-state index is 12.7. The second kappa shape index (κ2) is 10.5. The van der Waals surface area contributed by atoms with Gasteiger partial charge >= 0.3 is 0 Å². The van der Waals surface area contributed by atoms with E-state index in [1.165, 1.54) is 0 Å². The number of hydrogen-bond donors (Lipinski definition) is 2. The molecule has 2 N–H and O–H groups in total. The lowest BCUT2D eigenvalue weighted by atomic mass is 9.86. The van der Waals surface area contributed by atoms with Crippen LogP contribution in [0, 0.1) is 17.2 Å². The molecule has 0 aliphatic heterocycles.